The molecular weight excluding hydrogens is 512 g/mol. The number of aliphatic imine (C=N–C) groups is 1. The summed E-state index contributed by atoms with van der Waals surface area (Å²) in [6, 6.07) is 4.25. The second-order valence-corrected chi connectivity index (χ2v) is 6.83. The number of methoxy groups -OCH3 is 1. The maximum atomic E-state index is 12.9. The zero-order valence-corrected chi connectivity index (χ0v) is 20.3. The van der Waals surface area contributed by atoms with Crippen LogP contribution >= 0.6 is 24.0 Å². The summed E-state index contributed by atoms with van der Waals surface area (Å²) < 4.78 is 49.8. The zero-order chi connectivity index (χ0) is 21.4. The number of piperazine rings is 1. The van der Waals surface area contributed by atoms with Gasteiger partial charge in [0.1, 0.15) is 6.04 Å². The number of hydrogen-bond donors (Lipinski definition) is 1. The Labute approximate surface area is 193 Å². The van der Waals surface area contributed by atoms with E-state index < -0.39 is 12.2 Å². The summed E-state index contributed by atoms with van der Waals surface area (Å²) in [5.74, 6) is 2.05. The third kappa shape index (κ3) is 7.36. The van der Waals surface area contributed by atoms with Crippen LogP contribution in [0.15, 0.2) is 23.2 Å². The second-order valence-electron chi connectivity index (χ2n) is 6.83. The fraction of sp³-hybridized carbons (Fsp3) is 0.650. The van der Waals surface area contributed by atoms with Crippen LogP contribution in [-0.2, 0) is 6.54 Å². The van der Waals surface area contributed by atoms with Gasteiger partial charge in [0.2, 0.25) is 0 Å². The Morgan fingerprint density at radius 3 is 2.37 bits per heavy atom. The molecule has 1 fully saturated rings. The van der Waals surface area contributed by atoms with Gasteiger partial charge in [-0.05, 0) is 38.5 Å². The van der Waals surface area contributed by atoms with Crippen molar-refractivity contribution in [2.45, 2.75) is 39.5 Å². The van der Waals surface area contributed by atoms with Gasteiger partial charge >= 0.3 is 6.18 Å². The summed E-state index contributed by atoms with van der Waals surface area (Å²) in [5.41, 5.74) is 0.967. The summed E-state index contributed by atoms with van der Waals surface area (Å²) >= 11 is 0. The monoisotopic (exact) mass is 544 g/mol. The summed E-state index contributed by atoms with van der Waals surface area (Å²) in [7, 11) is 1.60. The summed E-state index contributed by atoms with van der Waals surface area (Å²) in [6.07, 6.45) is -4.20. The van der Waals surface area contributed by atoms with Crippen molar-refractivity contribution in [2.75, 3.05) is 46.4 Å². The minimum absolute atomic E-state index is 0. The number of benzene rings is 1. The first-order chi connectivity index (χ1) is 13.8. The van der Waals surface area contributed by atoms with Crippen molar-refractivity contribution < 1.29 is 22.6 Å². The average molecular weight is 544 g/mol. The topological polar surface area (TPSA) is 49.3 Å². The molecule has 172 valence electrons. The van der Waals surface area contributed by atoms with Crippen LogP contribution in [0.5, 0.6) is 11.5 Å². The van der Waals surface area contributed by atoms with E-state index in [-0.39, 0.29) is 24.0 Å². The molecule has 1 N–H and O–H groups in total. The second kappa shape index (κ2) is 12.4. The molecule has 0 aromatic heterocycles. The fourth-order valence-electron chi connectivity index (χ4n) is 3.21. The quantitative estimate of drug-likeness (QED) is 0.322. The molecule has 0 aliphatic carbocycles. The molecule has 1 aliphatic rings. The molecule has 1 unspecified atom stereocenters. The molecule has 1 atom stereocenters. The van der Waals surface area contributed by atoms with E-state index in [2.05, 4.69) is 10.3 Å². The van der Waals surface area contributed by atoms with Gasteiger partial charge < -0.3 is 19.7 Å². The van der Waals surface area contributed by atoms with Crippen molar-refractivity contribution in [2.24, 2.45) is 4.99 Å². The van der Waals surface area contributed by atoms with Gasteiger partial charge in [-0.25, -0.2) is 4.99 Å². The SMILES string of the molecule is CCNC(=NCc1ccc(OC)c(OCC)c1)N1CCN(C(C)C(F)(F)F)CC1.I. The van der Waals surface area contributed by atoms with E-state index in [9.17, 15) is 13.2 Å². The number of ether oxygens (including phenoxy) is 2. The first-order valence-electron chi connectivity index (χ1n) is 9.93. The minimum atomic E-state index is -4.20. The van der Waals surface area contributed by atoms with Crippen molar-refractivity contribution in [3.8, 4) is 11.5 Å². The number of guanidine groups is 1. The van der Waals surface area contributed by atoms with Gasteiger partial charge in [0.05, 0.1) is 20.3 Å². The van der Waals surface area contributed by atoms with E-state index in [1.807, 2.05) is 36.9 Å². The van der Waals surface area contributed by atoms with E-state index in [1.165, 1.54) is 11.8 Å². The molecule has 10 heteroatoms. The standard InChI is InChI=1S/C20H31F3N4O2.HI/c1-5-24-19(27-11-9-26(10-12-27)15(3)20(21,22)23)25-14-16-7-8-17(28-4)18(13-16)29-6-2;/h7-8,13,15H,5-6,9-12,14H2,1-4H3,(H,24,25);1H. The maximum absolute atomic E-state index is 12.9. The van der Waals surface area contributed by atoms with Crippen LogP contribution in [0.2, 0.25) is 0 Å². The van der Waals surface area contributed by atoms with Gasteiger partial charge in [-0.15, -0.1) is 24.0 Å². The highest BCUT2D eigenvalue weighted by atomic mass is 127. The van der Waals surface area contributed by atoms with Crippen molar-refractivity contribution in [3.05, 3.63) is 23.8 Å². The third-order valence-corrected chi connectivity index (χ3v) is 4.91. The lowest BCUT2D eigenvalue weighted by molar-refractivity contribution is -0.181. The van der Waals surface area contributed by atoms with Gasteiger partial charge in [0.15, 0.2) is 17.5 Å². The predicted molar refractivity (Wildman–Crippen MR) is 123 cm³/mol. The molecule has 1 saturated heterocycles. The van der Waals surface area contributed by atoms with Crippen molar-refractivity contribution in [1.82, 2.24) is 15.1 Å². The van der Waals surface area contributed by atoms with Gasteiger partial charge in [0, 0.05) is 32.7 Å². The first-order valence-corrected chi connectivity index (χ1v) is 9.93. The van der Waals surface area contributed by atoms with Gasteiger partial charge in [0.25, 0.3) is 0 Å². The van der Waals surface area contributed by atoms with Gasteiger partial charge in [-0.2, -0.15) is 13.2 Å². The molecule has 0 radical (unpaired) electrons. The van der Waals surface area contributed by atoms with E-state index in [0.717, 1.165) is 5.56 Å². The molecule has 0 spiro atoms. The smallest absolute Gasteiger partial charge is 0.403 e. The van der Waals surface area contributed by atoms with Crippen LogP contribution in [0.4, 0.5) is 13.2 Å². The lowest BCUT2D eigenvalue weighted by atomic mass is 10.2. The number of halogens is 4. The highest BCUT2D eigenvalue weighted by Gasteiger charge is 2.41. The minimum Gasteiger partial charge on any atom is -0.493 e. The Balaban J connectivity index is 0.00000450. The maximum Gasteiger partial charge on any atom is 0.403 e. The van der Waals surface area contributed by atoms with Crippen LogP contribution in [0.25, 0.3) is 0 Å². The van der Waals surface area contributed by atoms with Crippen molar-refractivity contribution in [1.29, 1.82) is 0 Å². The fourth-order valence-corrected chi connectivity index (χ4v) is 3.21. The number of alkyl halides is 3. The summed E-state index contributed by atoms with van der Waals surface area (Å²) in [5, 5.41) is 3.24. The van der Waals surface area contributed by atoms with E-state index in [1.54, 1.807) is 7.11 Å². The Hall–Kier alpha value is -1.43. The lowest BCUT2D eigenvalue weighted by Gasteiger charge is -2.39. The normalized spacial score (nSPS) is 16.6. The van der Waals surface area contributed by atoms with E-state index >= 15 is 0 Å². The van der Waals surface area contributed by atoms with Crippen LogP contribution in [0.1, 0.15) is 26.3 Å². The number of hydrogen-bond acceptors (Lipinski definition) is 4. The average Bonchev–Trinajstić information content (AvgIpc) is 2.70. The van der Waals surface area contributed by atoms with Gasteiger partial charge in [-0.1, -0.05) is 6.07 Å². The van der Waals surface area contributed by atoms with Crippen molar-refractivity contribution >= 4 is 29.9 Å². The molecule has 6 nitrogen and oxygen atoms in total. The van der Waals surface area contributed by atoms with Crippen LogP contribution in [0, 0.1) is 0 Å². The van der Waals surface area contributed by atoms with Crippen molar-refractivity contribution in [3.63, 3.8) is 0 Å². The molecule has 30 heavy (non-hydrogen) atoms. The molecule has 1 aromatic rings. The molecule has 0 saturated carbocycles. The third-order valence-electron chi connectivity index (χ3n) is 4.91. The highest BCUT2D eigenvalue weighted by molar-refractivity contribution is 14.0. The summed E-state index contributed by atoms with van der Waals surface area (Å²) in [4.78, 5) is 8.16. The molecule has 0 bridgehead atoms. The first kappa shape index (κ1) is 26.6. The predicted octanol–water partition coefficient (Wildman–Crippen LogP) is 3.75. The van der Waals surface area contributed by atoms with Crippen LogP contribution < -0.4 is 14.8 Å². The molecule has 0 amide bonds. The number of rotatable bonds is 7. The Kier molecular flexibility index (Phi) is 11.0. The largest absolute Gasteiger partial charge is 0.493 e. The van der Waals surface area contributed by atoms with E-state index in [0.29, 0.717) is 63.3 Å². The lowest BCUT2D eigenvalue weighted by Crippen LogP contribution is -2.56. The number of nitrogens with zero attached hydrogens (tertiary/aromatic N) is 3. The Morgan fingerprint density at radius 2 is 1.83 bits per heavy atom. The molecule has 1 heterocycles. The van der Waals surface area contributed by atoms with E-state index in [4.69, 9.17) is 9.47 Å². The zero-order valence-electron chi connectivity index (χ0n) is 18.0. The Bertz CT molecular complexity index is 681. The molecular formula is C20H32F3IN4O2. The molecule has 2 rings (SSSR count). The van der Waals surface area contributed by atoms with Gasteiger partial charge in [-0.3, -0.25) is 4.90 Å². The summed E-state index contributed by atoms with van der Waals surface area (Å²) in [6.45, 7) is 8.45. The number of nitrogens with one attached hydrogen (secondary N) is 1. The molecule has 1 aliphatic heterocycles. The van der Waals surface area contributed by atoms with Crippen LogP contribution in [0.3, 0.4) is 0 Å². The highest BCUT2D eigenvalue weighted by Crippen LogP contribution is 2.28. The molecule has 1 aromatic carbocycles. The Morgan fingerprint density at radius 1 is 1.17 bits per heavy atom. The van der Waals surface area contributed by atoms with Crippen LogP contribution in [-0.4, -0.2) is 74.4 Å².